The number of nitrogens with one attached hydrogen (secondary N) is 1. The minimum absolute atomic E-state index is 0.0570. The molecule has 108 valence electrons. The summed E-state index contributed by atoms with van der Waals surface area (Å²) in [5.41, 5.74) is 0.241. The number of aryl methyl sites for hydroxylation is 1. The molecule has 5 nitrogen and oxygen atoms in total. The molecule has 1 heterocycles. The van der Waals surface area contributed by atoms with Gasteiger partial charge in [0.2, 0.25) is 0 Å². The minimum atomic E-state index is -3.93. The smallest absolute Gasteiger partial charge is 0.263 e. The summed E-state index contributed by atoms with van der Waals surface area (Å²) in [5, 5.41) is 9.22. The van der Waals surface area contributed by atoms with E-state index in [2.05, 4.69) is 4.72 Å². The number of aromatic nitrogens is 1. The van der Waals surface area contributed by atoms with Crippen LogP contribution < -0.4 is 4.72 Å². The van der Waals surface area contributed by atoms with Gasteiger partial charge in [-0.15, -0.1) is 0 Å². The molecule has 0 saturated heterocycles. The van der Waals surface area contributed by atoms with E-state index in [0.717, 1.165) is 6.07 Å². The van der Waals surface area contributed by atoms with Crippen LogP contribution in [0.5, 0.6) is 0 Å². The number of aliphatic hydroxyl groups excluding tert-OH is 1. The standard InChI is InChI=1S/C12H12ClFN2O3S/c1-16-6-10(5-9(16)7-17)20(18,19)15-12-3-2-8(13)4-11(12)14/h2-6,15,17H,7H2,1H3. The summed E-state index contributed by atoms with van der Waals surface area (Å²) in [7, 11) is -2.32. The molecular weight excluding hydrogens is 307 g/mol. The Morgan fingerprint density at radius 2 is 2.10 bits per heavy atom. The van der Waals surface area contributed by atoms with Crippen LogP contribution in [0.25, 0.3) is 0 Å². The van der Waals surface area contributed by atoms with Gasteiger partial charge in [-0.05, 0) is 24.3 Å². The second kappa shape index (κ2) is 5.43. The van der Waals surface area contributed by atoms with E-state index in [4.69, 9.17) is 16.7 Å². The van der Waals surface area contributed by atoms with Gasteiger partial charge in [0, 0.05) is 24.0 Å². The molecule has 0 radical (unpaired) electrons. The monoisotopic (exact) mass is 318 g/mol. The average Bonchev–Trinajstić information content (AvgIpc) is 2.75. The number of nitrogens with zero attached hydrogens (tertiary/aromatic N) is 1. The van der Waals surface area contributed by atoms with Crippen LogP contribution in [0, 0.1) is 5.82 Å². The lowest BCUT2D eigenvalue weighted by Gasteiger charge is -2.07. The van der Waals surface area contributed by atoms with Crippen molar-refractivity contribution in [3.63, 3.8) is 0 Å². The first-order chi connectivity index (χ1) is 9.33. The molecule has 0 unspecified atom stereocenters. The van der Waals surface area contributed by atoms with E-state index >= 15 is 0 Å². The molecule has 0 fully saturated rings. The van der Waals surface area contributed by atoms with Gasteiger partial charge in [-0.1, -0.05) is 11.6 Å². The second-order valence-electron chi connectivity index (χ2n) is 4.17. The van der Waals surface area contributed by atoms with Crippen molar-refractivity contribution in [2.75, 3.05) is 4.72 Å². The molecule has 2 aromatic rings. The van der Waals surface area contributed by atoms with Gasteiger partial charge in [-0.2, -0.15) is 0 Å². The van der Waals surface area contributed by atoms with E-state index in [9.17, 15) is 12.8 Å². The molecule has 0 amide bonds. The van der Waals surface area contributed by atoms with Crippen molar-refractivity contribution in [1.29, 1.82) is 0 Å². The van der Waals surface area contributed by atoms with E-state index in [0.29, 0.717) is 5.69 Å². The molecule has 1 aromatic heterocycles. The van der Waals surface area contributed by atoms with Crippen LogP contribution >= 0.6 is 11.6 Å². The summed E-state index contributed by atoms with van der Waals surface area (Å²) in [6.45, 7) is -0.290. The largest absolute Gasteiger partial charge is 0.390 e. The Kier molecular flexibility index (Phi) is 4.03. The lowest BCUT2D eigenvalue weighted by Crippen LogP contribution is -2.13. The zero-order valence-electron chi connectivity index (χ0n) is 10.5. The predicted molar refractivity (Wildman–Crippen MR) is 73.6 cm³/mol. The number of aliphatic hydroxyl groups is 1. The molecule has 2 N–H and O–H groups in total. The van der Waals surface area contributed by atoms with Gasteiger partial charge in [0.1, 0.15) is 10.7 Å². The van der Waals surface area contributed by atoms with Crippen molar-refractivity contribution in [2.24, 2.45) is 7.05 Å². The topological polar surface area (TPSA) is 71.3 Å². The normalized spacial score (nSPS) is 11.6. The molecular formula is C12H12ClFN2O3S. The number of anilines is 1. The van der Waals surface area contributed by atoms with Gasteiger partial charge >= 0.3 is 0 Å². The van der Waals surface area contributed by atoms with Crippen LogP contribution in [-0.4, -0.2) is 18.1 Å². The summed E-state index contributed by atoms with van der Waals surface area (Å²) in [5.74, 6) is -0.764. The first kappa shape index (κ1) is 14.8. The van der Waals surface area contributed by atoms with Crippen molar-refractivity contribution >= 4 is 27.3 Å². The third kappa shape index (κ3) is 2.95. The van der Waals surface area contributed by atoms with Gasteiger partial charge in [-0.3, -0.25) is 4.72 Å². The fourth-order valence-electron chi connectivity index (χ4n) is 1.66. The number of rotatable bonds is 4. The number of sulfonamides is 1. The van der Waals surface area contributed by atoms with Crippen LogP contribution in [0.1, 0.15) is 5.69 Å². The van der Waals surface area contributed by atoms with Gasteiger partial charge in [0.05, 0.1) is 12.3 Å². The number of hydrogen-bond donors (Lipinski definition) is 2. The van der Waals surface area contributed by atoms with E-state index in [-0.39, 0.29) is 22.2 Å². The maximum atomic E-state index is 13.6. The molecule has 0 bridgehead atoms. The maximum absolute atomic E-state index is 13.6. The van der Waals surface area contributed by atoms with Gasteiger partial charge in [-0.25, -0.2) is 12.8 Å². The van der Waals surface area contributed by atoms with Crippen molar-refractivity contribution in [1.82, 2.24) is 4.57 Å². The van der Waals surface area contributed by atoms with Crippen molar-refractivity contribution in [3.8, 4) is 0 Å². The van der Waals surface area contributed by atoms with Crippen LogP contribution in [0.4, 0.5) is 10.1 Å². The first-order valence-electron chi connectivity index (χ1n) is 5.57. The number of benzene rings is 1. The lowest BCUT2D eigenvalue weighted by atomic mass is 10.3. The van der Waals surface area contributed by atoms with E-state index in [1.165, 1.54) is 29.0 Å². The summed E-state index contributed by atoms with van der Waals surface area (Å²) < 4.78 is 41.4. The highest BCUT2D eigenvalue weighted by atomic mass is 35.5. The number of halogens is 2. The molecule has 0 saturated carbocycles. The van der Waals surface area contributed by atoms with E-state index in [1.54, 1.807) is 7.05 Å². The minimum Gasteiger partial charge on any atom is -0.390 e. The fourth-order valence-corrected chi connectivity index (χ4v) is 2.98. The highest BCUT2D eigenvalue weighted by molar-refractivity contribution is 7.92. The van der Waals surface area contributed by atoms with Gasteiger partial charge in [0.25, 0.3) is 10.0 Å². The van der Waals surface area contributed by atoms with Crippen LogP contribution in [-0.2, 0) is 23.7 Å². The molecule has 0 aliphatic carbocycles. The second-order valence-corrected chi connectivity index (χ2v) is 6.28. The van der Waals surface area contributed by atoms with E-state index < -0.39 is 15.8 Å². The SMILES string of the molecule is Cn1cc(S(=O)(=O)Nc2ccc(Cl)cc2F)cc1CO. The molecule has 0 aliphatic rings. The molecule has 20 heavy (non-hydrogen) atoms. The zero-order chi connectivity index (χ0) is 14.9. The molecule has 2 rings (SSSR count). The Morgan fingerprint density at radius 1 is 1.40 bits per heavy atom. The predicted octanol–water partition coefficient (Wildman–Crippen LogP) is 2.11. The highest BCUT2D eigenvalue weighted by Gasteiger charge is 2.19. The van der Waals surface area contributed by atoms with Crippen LogP contribution in [0.15, 0.2) is 35.4 Å². The number of hydrogen-bond acceptors (Lipinski definition) is 3. The molecule has 0 atom stereocenters. The summed E-state index contributed by atoms with van der Waals surface area (Å²) in [4.78, 5) is -0.0570. The third-order valence-corrected chi connectivity index (χ3v) is 4.30. The third-order valence-electron chi connectivity index (χ3n) is 2.73. The van der Waals surface area contributed by atoms with Crippen molar-refractivity contribution in [3.05, 3.63) is 47.0 Å². The Balaban J connectivity index is 2.35. The van der Waals surface area contributed by atoms with Gasteiger partial charge in [0.15, 0.2) is 0 Å². The highest BCUT2D eigenvalue weighted by Crippen LogP contribution is 2.23. The maximum Gasteiger partial charge on any atom is 0.263 e. The summed E-state index contributed by atoms with van der Waals surface area (Å²) >= 11 is 5.60. The van der Waals surface area contributed by atoms with Crippen molar-refractivity contribution < 1.29 is 17.9 Å². The first-order valence-corrected chi connectivity index (χ1v) is 7.43. The lowest BCUT2D eigenvalue weighted by molar-refractivity contribution is 0.272. The summed E-state index contributed by atoms with van der Waals surface area (Å²) in [6.07, 6.45) is 1.34. The molecule has 0 spiro atoms. The molecule has 8 heteroatoms. The molecule has 0 aliphatic heterocycles. The average molecular weight is 319 g/mol. The Bertz CT molecular complexity index is 743. The van der Waals surface area contributed by atoms with Gasteiger partial charge < -0.3 is 9.67 Å². The van der Waals surface area contributed by atoms with Crippen molar-refractivity contribution in [2.45, 2.75) is 11.5 Å². The Hall–Kier alpha value is -1.57. The quantitative estimate of drug-likeness (QED) is 0.907. The Labute approximate surface area is 120 Å². The Morgan fingerprint density at radius 3 is 2.65 bits per heavy atom. The molecule has 1 aromatic carbocycles. The van der Waals surface area contributed by atoms with Crippen LogP contribution in [0.3, 0.4) is 0 Å². The van der Waals surface area contributed by atoms with E-state index in [1.807, 2.05) is 0 Å². The zero-order valence-corrected chi connectivity index (χ0v) is 12.0. The summed E-state index contributed by atoms with van der Waals surface area (Å²) in [6, 6.07) is 4.96. The fraction of sp³-hybridized carbons (Fsp3) is 0.167. The van der Waals surface area contributed by atoms with Crippen LogP contribution in [0.2, 0.25) is 5.02 Å².